The molecular weight excluding hydrogens is 873 g/mol. The van der Waals surface area contributed by atoms with Crippen LogP contribution in [0.25, 0.3) is 0 Å². The highest BCUT2D eigenvalue weighted by Crippen LogP contribution is 2.30. The van der Waals surface area contributed by atoms with Gasteiger partial charge >= 0.3 is 24.2 Å². The van der Waals surface area contributed by atoms with Gasteiger partial charge in [-0.25, -0.2) is 29.0 Å². The highest BCUT2D eigenvalue weighted by Gasteiger charge is 2.30. The Morgan fingerprint density at radius 1 is 0.412 bits per heavy atom. The molecule has 0 unspecified atom stereocenters. The topological polar surface area (TPSA) is 192 Å². The molecule has 0 aliphatic carbocycles. The minimum atomic E-state index is -1.28. The van der Waals surface area contributed by atoms with E-state index in [9.17, 15) is 38.4 Å². The summed E-state index contributed by atoms with van der Waals surface area (Å²) in [6.45, 7) is 14.0. The van der Waals surface area contributed by atoms with Crippen LogP contribution in [-0.2, 0) is 19.2 Å². The van der Waals surface area contributed by atoms with E-state index in [1.807, 2.05) is 0 Å². The van der Waals surface area contributed by atoms with E-state index in [2.05, 4.69) is 13.8 Å². The van der Waals surface area contributed by atoms with Gasteiger partial charge < -0.3 is 18.9 Å². The molecule has 0 heterocycles. The predicted octanol–water partition coefficient (Wildman–Crippen LogP) is 12.8. The number of hydrogen-bond acceptors (Lipinski definition) is 14. The highest BCUT2D eigenvalue weighted by atomic mass is 17.2. The van der Waals surface area contributed by atoms with Crippen molar-refractivity contribution in [2.45, 2.75) is 144 Å². The van der Waals surface area contributed by atoms with Crippen molar-refractivity contribution >= 4 is 47.4 Å². The van der Waals surface area contributed by atoms with E-state index in [0.29, 0.717) is 12.8 Å². The fourth-order valence-electron chi connectivity index (χ4n) is 6.90. The molecule has 68 heavy (non-hydrogen) atoms. The van der Waals surface area contributed by atoms with Crippen molar-refractivity contribution in [1.29, 1.82) is 0 Å². The highest BCUT2D eigenvalue weighted by molar-refractivity contribution is 6.18. The molecule has 0 aliphatic heterocycles. The molecule has 0 saturated carbocycles. The summed E-state index contributed by atoms with van der Waals surface area (Å²) < 4.78 is 21.5. The normalized spacial score (nSPS) is 11.2. The van der Waals surface area contributed by atoms with E-state index < -0.39 is 47.0 Å². The second kappa shape index (κ2) is 25.3. The quantitative estimate of drug-likeness (QED) is 0.0180. The Morgan fingerprint density at radius 3 is 1.09 bits per heavy atom. The number of unbranched alkanes of at least 4 members (excludes halogenated alkanes) is 8. The number of carbonyl (C=O) groups excluding carboxylic acids is 8. The van der Waals surface area contributed by atoms with Crippen molar-refractivity contribution in [1.82, 2.24) is 0 Å². The first-order valence-electron chi connectivity index (χ1n) is 23.1. The van der Waals surface area contributed by atoms with Gasteiger partial charge in [0, 0.05) is 35.1 Å². The van der Waals surface area contributed by atoms with Crippen molar-refractivity contribution < 1.29 is 67.1 Å². The lowest BCUT2D eigenvalue weighted by molar-refractivity contribution is -0.187. The zero-order valence-electron chi connectivity index (χ0n) is 40.3. The summed E-state index contributed by atoms with van der Waals surface area (Å²) >= 11 is 0. The molecule has 0 saturated heterocycles. The lowest BCUT2D eigenvalue weighted by Gasteiger charge is -2.19. The molecule has 0 bridgehead atoms. The number of benzene rings is 4. The van der Waals surface area contributed by atoms with Gasteiger partial charge in [-0.3, -0.25) is 19.2 Å². The molecule has 0 N–H and O–H groups in total. The van der Waals surface area contributed by atoms with Gasteiger partial charge in [0.1, 0.15) is 22.7 Å². The molecular formula is C54H62O14. The van der Waals surface area contributed by atoms with Crippen LogP contribution < -0.4 is 9.47 Å². The molecule has 362 valence electrons. The van der Waals surface area contributed by atoms with Crippen LogP contribution in [0, 0.1) is 0 Å². The Morgan fingerprint density at radius 2 is 0.750 bits per heavy atom. The van der Waals surface area contributed by atoms with E-state index in [0.717, 1.165) is 51.4 Å². The van der Waals surface area contributed by atoms with Gasteiger partial charge in [-0.15, -0.1) is 0 Å². The first-order valence-corrected chi connectivity index (χ1v) is 23.1. The first kappa shape index (κ1) is 53.7. The smallest absolute Gasteiger partial charge is 0.428 e. The van der Waals surface area contributed by atoms with Gasteiger partial charge in [-0.1, -0.05) is 102 Å². The van der Waals surface area contributed by atoms with Crippen LogP contribution in [0.4, 0.5) is 9.59 Å². The molecule has 0 amide bonds. The maximum absolute atomic E-state index is 14.3. The van der Waals surface area contributed by atoms with Crippen LogP contribution >= 0.6 is 0 Å². The number of hydrogen-bond donors (Lipinski definition) is 0. The number of rotatable bonds is 22. The summed E-state index contributed by atoms with van der Waals surface area (Å²) in [7, 11) is 0. The predicted molar refractivity (Wildman–Crippen MR) is 253 cm³/mol. The third-order valence-corrected chi connectivity index (χ3v) is 10.2. The summed E-state index contributed by atoms with van der Waals surface area (Å²) in [6.07, 6.45) is 7.35. The molecule has 0 fully saturated rings. The van der Waals surface area contributed by atoms with Crippen molar-refractivity contribution in [2.75, 3.05) is 0 Å². The van der Waals surface area contributed by atoms with Crippen LogP contribution in [0.3, 0.4) is 0 Å². The van der Waals surface area contributed by atoms with E-state index in [1.165, 1.54) is 84.9 Å². The van der Waals surface area contributed by atoms with Gasteiger partial charge in [0.25, 0.3) is 0 Å². The van der Waals surface area contributed by atoms with Crippen LogP contribution in [0.15, 0.2) is 84.9 Å². The average molecular weight is 935 g/mol. The van der Waals surface area contributed by atoms with Gasteiger partial charge in [0.05, 0.1) is 22.3 Å². The average Bonchev–Trinajstić information content (AvgIpc) is 3.28. The Labute approximate surface area is 397 Å². The third-order valence-electron chi connectivity index (χ3n) is 10.2. The Bertz CT molecular complexity index is 2300. The maximum atomic E-state index is 14.3. The van der Waals surface area contributed by atoms with Crippen LogP contribution in [0.1, 0.15) is 206 Å². The lowest BCUT2D eigenvalue weighted by atomic mass is 9.94. The number of carbonyl (C=O) groups is 8. The van der Waals surface area contributed by atoms with Gasteiger partial charge in [0.2, 0.25) is 0 Å². The Kier molecular flexibility index (Phi) is 19.9. The second-order valence-electron chi connectivity index (χ2n) is 18.2. The number of Topliss-reactive ketones (excluding diaryl/α,β-unsaturated/α-hetero) is 2. The zero-order chi connectivity index (χ0) is 50.0. The fraction of sp³-hybridized carbons (Fsp3) is 0.407. The summed E-state index contributed by atoms with van der Waals surface area (Å²) in [5.41, 5.74) is -3.20. The van der Waals surface area contributed by atoms with Crippen molar-refractivity contribution in [3.8, 4) is 11.5 Å². The minimum absolute atomic E-state index is 0.183. The largest absolute Gasteiger partial charge is 0.514 e. The van der Waals surface area contributed by atoms with Crippen molar-refractivity contribution in [3.63, 3.8) is 0 Å². The zero-order valence-corrected chi connectivity index (χ0v) is 40.3. The van der Waals surface area contributed by atoms with Crippen LogP contribution in [-0.4, -0.2) is 58.6 Å². The Hall–Kier alpha value is -6.96. The molecule has 0 aliphatic rings. The summed E-state index contributed by atoms with van der Waals surface area (Å²) in [4.78, 5) is 118. The maximum Gasteiger partial charge on any atom is 0.514 e. The summed E-state index contributed by atoms with van der Waals surface area (Å²) in [6, 6.07) is 19.0. The van der Waals surface area contributed by atoms with Crippen LogP contribution in [0.5, 0.6) is 11.5 Å². The number of ketones is 4. The van der Waals surface area contributed by atoms with Crippen LogP contribution in [0.2, 0.25) is 0 Å². The molecule has 0 aromatic heterocycles. The summed E-state index contributed by atoms with van der Waals surface area (Å²) in [5.74, 6) is -5.19. The monoisotopic (exact) mass is 934 g/mol. The minimum Gasteiger partial charge on any atom is -0.428 e. The standard InChI is InChI=1S/C54H62O14/c1-9-11-13-15-17-27-43(55)35-29-31-45(63-51(61)65-53(3,4)5)41(33-35)47(57)37-23-19-21-25-39(37)49(59)67-68-50(60)40-26-22-20-24-38(40)48(58)42-34-36(44(56)28-18-16-14-12-10-2)30-32-46(42)64-52(62)66-54(6,7)8/h19-26,29-34H,9-18,27-28H2,1-8H3. The van der Waals surface area contributed by atoms with E-state index in [1.54, 1.807) is 41.5 Å². The molecule has 0 radical (unpaired) electrons. The van der Waals surface area contributed by atoms with Gasteiger partial charge in [0.15, 0.2) is 23.1 Å². The molecule has 4 rings (SSSR count). The second-order valence-corrected chi connectivity index (χ2v) is 18.2. The van der Waals surface area contributed by atoms with E-state index in [4.69, 9.17) is 28.7 Å². The third kappa shape index (κ3) is 16.4. The van der Waals surface area contributed by atoms with E-state index >= 15 is 0 Å². The number of ether oxygens (including phenoxy) is 4. The van der Waals surface area contributed by atoms with Crippen molar-refractivity contribution in [2.24, 2.45) is 0 Å². The first-order chi connectivity index (χ1) is 32.2. The lowest BCUT2D eigenvalue weighted by Crippen LogP contribution is -2.26. The molecule has 0 spiro atoms. The molecule has 0 atom stereocenters. The molecule has 14 heteroatoms. The molecule has 4 aromatic carbocycles. The van der Waals surface area contributed by atoms with E-state index in [-0.39, 0.29) is 80.4 Å². The SMILES string of the molecule is CCCCCCCC(=O)c1ccc(OC(=O)OC(C)(C)C)c(C(=O)c2ccccc2C(=O)OOC(=O)c2ccccc2C(=O)c2cc(C(=O)CCCCCCC)ccc2OC(=O)OC(C)(C)C)c1. The summed E-state index contributed by atoms with van der Waals surface area (Å²) in [5, 5.41) is 0. The van der Waals surface area contributed by atoms with Gasteiger partial charge in [-0.2, -0.15) is 0 Å². The van der Waals surface area contributed by atoms with Crippen molar-refractivity contribution in [3.05, 3.63) is 129 Å². The Balaban J connectivity index is 1.62. The fourth-order valence-corrected chi connectivity index (χ4v) is 6.90. The molecule has 4 aromatic rings. The van der Waals surface area contributed by atoms with Gasteiger partial charge in [-0.05, 0) is 103 Å². The molecule has 14 nitrogen and oxygen atoms in total.